The maximum Gasteiger partial charge on any atom is 0.255 e. The molecule has 2 N–H and O–H groups in total. The molecule has 1 aromatic heterocycles. The molecule has 0 saturated heterocycles. The van der Waals surface area contributed by atoms with Crippen LogP contribution in [0.3, 0.4) is 0 Å². The Morgan fingerprint density at radius 2 is 1.68 bits per heavy atom. The Bertz CT molecular complexity index is 921. The summed E-state index contributed by atoms with van der Waals surface area (Å²) in [6.07, 6.45) is 2.87. The molecule has 0 aliphatic heterocycles. The van der Waals surface area contributed by atoms with Crippen molar-refractivity contribution >= 4 is 23.2 Å². The van der Waals surface area contributed by atoms with Crippen molar-refractivity contribution in [2.45, 2.75) is 19.6 Å². The fourth-order valence-electron chi connectivity index (χ4n) is 2.54. The van der Waals surface area contributed by atoms with Crippen LogP contribution in [-0.2, 0) is 16.1 Å². The van der Waals surface area contributed by atoms with E-state index < -0.39 is 6.04 Å². The van der Waals surface area contributed by atoms with Crippen LogP contribution >= 0.6 is 0 Å². The number of anilines is 2. The molecule has 0 radical (unpaired) electrons. The molecule has 0 spiro atoms. The fraction of sp³-hybridized carbons (Fsp3) is 0.200. The van der Waals surface area contributed by atoms with Crippen molar-refractivity contribution in [3.05, 3.63) is 72.3 Å². The lowest BCUT2D eigenvalue weighted by Gasteiger charge is -2.12. The predicted molar refractivity (Wildman–Crippen MR) is 105 cm³/mol. The van der Waals surface area contributed by atoms with Gasteiger partial charge in [-0.15, -0.1) is 0 Å². The molecule has 2 amide bonds. The number of ether oxygens (including phenoxy) is 1. The number of amides is 2. The first-order valence-corrected chi connectivity index (χ1v) is 8.71. The van der Waals surface area contributed by atoms with Gasteiger partial charge in [0.25, 0.3) is 5.91 Å². The van der Waals surface area contributed by atoms with Crippen LogP contribution in [0.25, 0.3) is 0 Å². The first-order valence-electron chi connectivity index (χ1n) is 8.71. The molecule has 3 aromatic rings. The van der Waals surface area contributed by atoms with Gasteiger partial charge in [-0.3, -0.25) is 9.59 Å². The summed E-state index contributed by atoms with van der Waals surface area (Å²) in [5.74, 6) is -0.418. The van der Waals surface area contributed by atoms with E-state index in [0.717, 1.165) is 5.56 Å². The lowest BCUT2D eigenvalue weighted by molar-refractivity contribution is -0.119. The van der Waals surface area contributed by atoms with Crippen molar-refractivity contribution < 1.29 is 14.3 Å². The maximum absolute atomic E-state index is 12.3. The van der Waals surface area contributed by atoms with Crippen molar-refractivity contribution in [1.29, 1.82) is 0 Å². The number of carbonyl (C=O) groups excluding carboxylic acids is 2. The Labute approximate surface area is 162 Å². The second-order valence-electron chi connectivity index (χ2n) is 6.20. The second kappa shape index (κ2) is 8.92. The van der Waals surface area contributed by atoms with Gasteiger partial charge < -0.3 is 15.4 Å². The number of carbonyl (C=O) groups is 2. The SMILES string of the molecule is COCc1ccc(C(=O)Nc2ccc(NC(=O)C(C)n3cncn3)cc2)cc1. The summed E-state index contributed by atoms with van der Waals surface area (Å²) < 4.78 is 6.53. The quantitative estimate of drug-likeness (QED) is 0.658. The highest BCUT2D eigenvalue weighted by Crippen LogP contribution is 2.16. The zero-order valence-electron chi connectivity index (χ0n) is 15.6. The average molecular weight is 379 g/mol. The minimum Gasteiger partial charge on any atom is -0.380 e. The Kier molecular flexibility index (Phi) is 6.13. The van der Waals surface area contributed by atoms with E-state index in [1.54, 1.807) is 50.4 Å². The number of hydrogen-bond acceptors (Lipinski definition) is 5. The molecule has 1 unspecified atom stereocenters. The molecule has 0 bridgehead atoms. The van der Waals surface area contributed by atoms with Crippen LogP contribution in [0.5, 0.6) is 0 Å². The number of rotatable bonds is 7. The van der Waals surface area contributed by atoms with E-state index in [0.29, 0.717) is 23.5 Å². The summed E-state index contributed by atoms with van der Waals surface area (Å²) in [7, 11) is 1.63. The second-order valence-corrected chi connectivity index (χ2v) is 6.20. The molecule has 0 aliphatic rings. The molecule has 0 saturated carbocycles. The van der Waals surface area contributed by atoms with Gasteiger partial charge in [0.15, 0.2) is 0 Å². The highest BCUT2D eigenvalue weighted by molar-refractivity contribution is 6.04. The first kappa shape index (κ1) is 19.2. The lowest BCUT2D eigenvalue weighted by Crippen LogP contribution is -2.24. The summed E-state index contributed by atoms with van der Waals surface area (Å²) >= 11 is 0. The van der Waals surface area contributed by atoms with Gasteiger partial charge in [0.1, 0.15) is 18.7 Å². The van der Waals surface area contributed by atoms with Crippen molar-refractivity contribution in [1.82, 2.24) is 14.8 Å². The van der Waals surface area contributed by atoms with Crippen LogP contribution in [-0.4, -0.2) is 33.7 Å². The first-order chi connectivity index (χ1) is 13.6. The van der Waals surface area contributed by atoms with Crippen LogP contribution in [0.4, 0.5) is 11.4 Å². The third-order valence-corrected chi connectivity index (χ3v) is 4.15. The Balaban J connectivity index is 1.58. The molecule has 8 heteroatoms. The highest BCUT2D eigenvalue weighted by atomic mass is 16.5. The molecule has 1 atom stereocenters. The topological polar surface area (TPSA) is 98.1 Å². The molecule has 2 aromatic carbocycles. The zero-order valence-corrected chi connectivity index (χ0v) is 15.6. The number of nitrogens with one attached hydrogen (secondary N) is 2. The predicted octanol–water partition coefficient (Wildman–Crippen LogP) is 2.88. The summed E-state index contributed by atoms with van der Waals surface area (Å²) in [6.45, 7) is 2.24. The molecular weight excluding hydrogens is 358 g/mol. The molecule has 0 aliphatic carbocycles. The third-order valence-electron chi connectivity index (χ3n) is 4.15. The largest absolute Gasteiger partial charge is 0.380 e. The summed E-state index contributed by atoms with van der Waals surface area (Å²) in [5.41, 5.74) is 2.81. The van der Waals surface area contributed by atoms with Crippen molar-refractivity contribution in [2.24, 2.45) is 0 Å². The molecule has 28 heavy (non-hydrogen) atoms. The van der Waals surface area contributed by atoms with Gasteiger partial charge >= 0.3 is 0 Å². The zero-order chi connectivity index (χ0) is 19.9. The van der Waals surface area contributed by atoms with E-state index in [9.17, 15) is 9.59 Å². The fourth-order valence-corrected chi connectivity index (χ4v) is 2.54. The molecule has 144 valence electrons. The van der Waals surface area contributed by atoms with Crippen LogP contribution in [0.1, 0.15) is 28.9 Å². The number of nitrogens with zero attached hydrogens (tertiary/aromatic N) is 3. The number of methoxy groups -OCH3 is 1. The third kappa shape index (κ3) is 4.80. The smallest absolute Gasteiger partial charge is 0.255 e. The van der Waals surface area contributed by atoms with Gasteiger partial charge in [0.2, 0.25) is 5.91 Å². The summed E-state index contributed by atoms with van der Waals surface area (Å²) in [6, 6.07) is 13.6. The molecule has 8 nitrogen and oxygen atoms in total. The minimum atomic E-state index is -0.483. The summed E-state index contributed by atoms with van der Waals surface area (Å²) in [5, 5.41) is 9.60. The molecule has 1 heterocycles. The monoisotopic (exact) mass is 379 g/mol. The van der Waals surface area contributed by atoms with Crippen LogP contribution in [0, 0.1) is 0 Å². The molecule has 3 rings (SSSR count). The lowest BCUT2D eigenvalue weighted by atomic mass is 10.1. The highest BCUT2D eigenvalue weighted by Gasteiger charge is 2.15. The normalized spacial score (nSPS) is 11.6. The van der Waals surface area contributed by atoms with Gasteiger partial charge in [0.05, 0.1) is 6.61 Å². The minimum absolute atomic E-state index is 0.208. The van der Waals surface area contributed by atoms with Gasteiger partial charge in [-0.05, 0) is 48.9 Å². The van der Waals surface area contributed by atoms with E-state index in [1.807, 2.05) is 12.1 Å². The Morgan fingerprint density at radius 1 is 1.04 bits per heavy atom. The van der Waals surface area contributed by atoms with Gasteiger partial charge in [0, 0.05) is 24.0 Å². The standard InChI is InChI=1S/C20H21N5O3/c1-14(25-13-21-12-22-25)19(26)23-17-7-9-18(10-8-17)24-20(27)16-5-3-15(4-6-16)11-28-2/h3-10,12-14H,11H2,1-2H3,(H,23,26)(H,24,27). The van der Waals surface area contributed by atoms with Crippen molar-refractivity contribution in [3.63, 3.8) is 0 Å². The van der Waals surface area contributed by atoms with Gasteiger partial charge in [-0.1, -0.05) is 12.1 Å². The van der Waals surface area contributed by atoms with E-state index in [1.165, 1.54) is 17.3 Å². The maximum atomic E-state index is 12.3. The van der Waals surface area contributed by atoms with E-state index in [2.05, 4.69) is 20.7 Å². The Hall–Kier alpha value is -3.52. The molecular formula is C20H21N5O3. The van der Waals surface area contributed by atoms with Crippen molar-refractivity contribution in [3.8, 4) is 0 Å². The van der Waals surface area contributed by atoms with E-state index in [-0.39, 0.29) is 11.8 Å². The number of hydrogen-bond donors (Lipinski definition) is 2. The summed E-state index contributed by atoms with van der Waals surface area (Å²) in [4.78, 5) is 28.4. The van der Waals surface area contributed by atoms with Crippen LogP contribution in [0.2, 0.25) is 0 Å². The van der Waals surface area contributed by atoms with Crippen LogP contribution < -0.4 is 10.6 Å². The van der Waals surface area contributed by atoms with Crippen LogP contribution in [0.15, 0.2) is 61.2 Å². The molecule has 0 fully saturated rings. The van der Waals surface area contributed by atoms with Crippen molar-refractivity contribution in [2.75, 3.05) is 17.7 Å². The number of benzene rings is 2. The average Bonchev–Trinajstić information content (AvgIpc) is 3.24. The number of aromatic nitrogens is 3. The Morgan fingerprint density at radius 3 is 2.25 bits per heavy atom. The van der Waals surface area contributed by atoms with E-state index >= 15 is 0 Å². The van der Waals surface area contributed by atoms with E-state index in [4.69, 9.17) is 4.74 Å². The van der Waals surface area contributed by atoms with Gasteiger partial charge in [-0.2, -0.15) is 5.10 Å². The van der Waals surface area contributed by atoms with Gasteiger partial charge in [-0.25, -0.2) is 9.67 Å².